The van der Waals surface area contributed by atoms with Crippen LogP contribution in [-0.4, -0.2) is 43.4 Å². The monoisotopic (exact) mass is 476 g/mol. The van der Waals surface area contributed by atoms with E-state index in [0.717, 1.165) is 0 Å². The number of hydrogen-bond acceptors (Lipinski definition) is 6. The van der Waals surface area contributed by atoms with Crippen molar-refractivity contribution in [1.82, 2.24) is 5.32 Å². The molecule has 0 heterocycles. The van der Waals surface area contributed by atoms with E-state index in [1.165, 1.54) is 48.5 Å². The van der Waals surface area contributed by atoms with Crippen LogP contribution in [0.3, 0.4) is 0 Å². The molecule has 0 aliphatic carbocycles. The summed E-state index contributed by atoms with van der Waals surface area (Å²) in [5.74, 6) is -2.23. The van der Waals surface area contributed by atoms with E-state index in [4.69, 9.17) is 9.84 Å². The van der Waals surface area contributed by atoms with Gasteiger partial charge >= 0.3 is 41.5 Å². The minimum atomic E-state index is -4.06. The van der Waals surface area contributed by atoms with E-state index in [0.29, 0.717) is 0 Å². The van der Waals surface area contributed by atoms with Crippen molar-refractivity contribution in [2.75, 3.05) is 11.3 Å². The van der Waals surface area contributed by atoms with Gasteiger partial charge in [0, 0.05) is 0 Å². The van der Waals surface area contributed by atoms with E-state index in [1.807, 2.05) is 0 Å². The van der Waals surface area contributed by atoms with Crippen molar-refractivity contribution in [2.45, 2.75) is 25.7 Å². The Hall–Kier alpha value is -2.44. The number of nitrogens with one attached hydrogen (secondary N) is 2. The molecule has 0 atom stereocenters. The van der Waals surface area contributed by atoms with Gasteiger partial charge in [-0.2, -0.15) is 0 Å². The van der Waals surface area contributed by atoms with Gasteiger partial charge in [-0.1, -0.05) is 12.1 Å². The molecule has 0 spiro atoms. The Morgan fingerprint density at radius 3 is 2.12 bits per heavy atom. The number of esters is 1. The molecule has 0 fully saturated rings. The van der Waals surface area contributed by atoms with E-state index in [1.54, 1.807) is 20.8 Å². The maximum Gasteiger partial charge on any atom is 1.00 e. The molecular formula is C20H25N2NaO8S. The van der Waals surface area contributed by atoms with E-state index in [2.05, 4.69) is 10.0 Å². The van der Waals surface area contributed by atoms with Crippen molar-refractivity contribution in [3.8, 4) is 5.75 Å². The molecule has 0 saturated carbocycles. The molecule has 170 valence electrons. The summed E-state index contributed by atoms with van der Waals surface area (Å²) in [5.41, 5.74) is -0.751. The molecule has 0 unspecified atom stereocenters. The van der Waals surface area contributed by atoms with Crippen LogP contribution >= 0.6 is 0 Å². The number of ether oxygens (including phenoxy) is 1. The number of aliphatic carboxylic acids is 1. The van der Waals surface area contributed by atoms with Crippen molar-refractivity contribution in [1.29, 1.82) is 0 Å². The van der Waals surface area contributed by atoms with Gasteiger partial charge in [0.1, 0.15) is 12.3 Å². The van der Waals surface area contributed by atoms with Crippen LogP contribution in [0.2, 0.25) is 0 Å². The predicted octanol–water partition coefficient (Wildman–Crippen LogP) is -1.45. The first-order chi connectivity index (χ1) is 13.9. The molecule has 2 aromatic rings. The number of amides is 1. The molecule has 1 amide bonds. The number of sulfonamides is 1. The number of carboxylic acid groups (broad SMARTS) is 1. The van der Waals surface area contributed by atoms with Crippen LogP contribution in [0.15, 0.2) is 53.4 Å². The van der Waals surface area contributed by atoms with Crippen molar-refractivity contribution in [2.24, 2.45) is 5.41 Å². The van der Waals surface area contributed by atoms with Gasteiger partial charge in [-0.15, -0.1) is 0 Å². The molecule has 5 N–H and O–H groups in total. The molecular weight excluding hydrogens is 451 g/mol. The van der Waals surface area contributed by atoms with Crippen molar-refractivity contribution in [3.63, 3.8) is 0 Å². The minimum absolute atomic E-state index is 0. The van der Waals surface area contributed by atoms with Crippen LogP contribution in [-0.2, 0) is 19.6 Å². The van der Waals surface area contributed by atoms with Gasteiger partial charge in [0.25, 0.3) is 15.9 Å². The Kier molecular flexibility index (Phi) is 11.1. The van der Waals surface area contributed by atoms with Gasteiger partial charge in [0.05, 0.1) is 21.6 Å². The molecule has 0 bridgehead atoms. The van der Waals surface area contributed by atoms with Crippen molar-refractivity contribution < 1.29 is 69.1 Å². The standard InChI is InChI=1S/C20H22N2O7S.Na.H2O.H/c1-20(2,3)19(26)29-13-8-10-14(11-9-13)30(27,28)22-16-7-5-4-6-15(16)18(25)21-12-17(23)24;;;/h4-11,22H,12H2,1-3H3,(H,21,25)(H,23,24);;1H2;/q;+1;;-1. The third-order valence-corrected chi connectivity index (χ3v) is 5.15. The number of benzene rings is 2. The third-order valence-electron chi connectivity index (χ3n) is 3.77. The second-order valence-electron chi connectivity index (χ2n) is 7.34. The molecule has 0 aromatic heterocycles. The van der Waals surface area contributed by atoms with E-state index in [9.17, 15) is 22.8 Å². The predicted molar refractivity (Wildman–Crippen MR) is 113 cm³/mol. The molecule has 2 rings (SSSR count). The van der Waals surface area contributed by atoms with Crippen molar-refractivity contribution >= 4 is 33.6 Å². The van der Waals surface area contributed by atoms with Gasteiger partial charge in [-0.25, -0.2) is 8.42 Å². The molecule has 12 heteroatoms. The number of rotatable bonds is 7. The number of hydrogen-bond donors (Lipinski definition) is 3. The fraction of sp³-hybridized carbons (Fsp3) is 0.250. The second-order valence-corrected chi connectivity index (χ2v) is 9.02. The molecule has 0 saturated heterocycles. The fourth-order valence-electron chi connectivity index (χ4n) is 2.17. The SMILES string of the molecule is CC(C)(C)C(=O)Oc1ccc(S(=O)(=O)Nc2ccccc2C(=O)NCC(=O)O)cc1.O.[H-].[Na+]. The van der Waals surface area contributed by atoms with Gasteiger partial charge in [-0.05, 0) is 57.2 Å². The van der Waals surface area contributed by atoms with Crippen LogP contribution in [0.4, 0.5) is 5.69 Å². The summed E-state index contributed by atoms with van der Waals surface area (Å²) in [6, 6.07) is 11.0. The number of carbonyl (C=O) groups is 3. The summed E-state index contributed by atoms with van der Waals surface area (Å²) in [4.78, 5) is 34.6. The van der Waals surface area contributed by atoms with Crippen LogP contribution in [0.25, 0.3) is 0 Å². The van der Waals surface area contributed by atoms with Gasteiger partial charge in [0.2, 0.25) is 0 Å². The quantitative estimate of drug-likeness (QED) is 0.249. The Morgan fingerprint density at radius 1 is 1.03 bits per heavy atom. The third kappa shape index (κ3) is 8.24. The summed E-state index contributed by atoms with van der Waals surface area (Å²) >= 11 is 0. The molecule has 0 radical (unpaired) electrons. The van der Waals surface area contributed by atoms with Crippen molar-refractivity contribution in [3.05, 3.63) is 54.1 Å². The molecule has 0 aliphatic heterocycles. The average molecular weight is 476 g/mol. The Balaban J connectivity index is 0. The number of anilines is 1. The molecule has 0 aliphatic rings. The Bertz CT molecular complexity index is 1070. The normalized spacial score (nSPS) is 10.7. The van der Waals surface area contributed by atoms with Crippen LogP contribution in [0.5, 0.6) is 5.75 Å². The summed E-state index contributed by atoms with van der Waals surface area (Å²) in [6.07, 6.45) is 0. The van der Waals surface area contributed by atoms with Crippen LogP contribution in [0.1, 0.15) is 32.6 Å². The number of carbonyl (C=O) groups excluding carboxylic acids is 2. The smallest absolute Gasteiger partial charge is 1.00 e. The first kappa shape index (κ1) is 29.6. The van der Waals surface area contributed by atoms with Gasteiger partial charge in [-0.3, -0.25) is 19.1 Å². The van der Waals surface area contributed by atoms with Crippen LogP contribution in [0, 0.1) is 5.41 Å². The first-order valence-electron chi connectivity index (χ1n) is 8.84. The van der Waals surface area contributed by atoms with Gasteiger partial charge in [0.15, 0.2) is 0 Å². The summed E-state index contributed by atoms with van der Waals surface area (Å²) in [5, 5.41) is 10.9. The number of carboxylic acids is 1. The zero-order valence-electron chi connectivity index (χ0n) is 19.1. The summed E-state index contributed by atoms with van der Waals surface area (Å²) in [7, 11) is -4.06. The largest absolute Gasteiger partial charge is 1.00 e. The molecule has 32 heavy (non-hydrogen) atoms. The van der Waals surface area contributed by atoms with E-state index < -0.39 is 39.8 Å². The number of para-hydroxylation sites is 1. The zero-order chi connectivity index (χ0) is 22.5. The molecule has 10 nitrogen and oxygen atoms in total. The average Bonchev–Trinajstić information content (AvgIpc) is 2.66. The zero-order valence-corrected chi connectivity index (χ0v) is 20.9. The topological polar surface area (TPSA) is 170 Å². The van der Waals surface area contributed by atoms with E-state index in [-0.39, 0.29) is 58.4 Å². The summed E-state index contributed by atoms with van der Waals surface area (Å²) in [6.45, 7) is 4.49. The Labute approximate surface area is 209 Å². The second kappa shape index (κ2) is 12.0. The first-order valence-corrected chi connectivity index (χ1v) is 10.3. The minimum Gasteiger partial charge on any atom is -1.00 e. The maximum absolute atomic E-state index is 12.7. The Morgan fingerprint density at radius 2 is 1.59 bits per heavy atom. The maximum atomic E-state index is 12.7. The fourth-order valence-corrected chi connectivity index (χ4v) is 3.25. The van der Waals surface area contributed by atoms with Gasteiger partial charge < -0.3 is 22.1 Å². The van der Waals surface area contributed by atoms with E-state index >= 15 is 0 Å². The molecule has 2 aromatic carbocycles. The summed E-state index contributed by atoms with van der Waals surface area (Å²) < 4.78 is 32.9. The van der Waals surface area contributed by atoms with Crippen LogP contribution < -0.4 is 44.3 Å².